The molecule has 10 heteroatoms. The Morgan fingerprint density at radius 3 is 2.16 bits per heavy atom. The van der Waals surface area contributed by atoms with Crippen LogP contribution in [-0.2, 0) is 23.8 Å². The van der Waals surface area contributed by atoms with E-state index in [4.69, 9.17) is 14.2 Å². The summed E-state index contributed by atoms with van der Waals surface area (Å²) in [5.74, 6) is 0.582. The molecule has 0 amide bonds. The highest BCUT2D eigenvalue weighted by Crippen LogP contribution is 2.36. The molecule has 0 spiro atoms. The van der Waals surface area contributed by atoms with Gasteiger partial charge in [0.05, 0.1) is 24.7 Å². The number of allylic oxidation sites excluding steroid dienone is 3. The molecule has 0 saturated carbocycles. The number of ether oxygens (including phenoxy) is 3. The zero-order chi connectivity index (χ0) is 40.6. The van der Waals surface area contributed by atoms with Crippen molar-refractivity contribution in [2.75, 3.05) is 53.4 Å². The molecule has 10 nitrogen and oxygen atoms in total. The normalized spacial score (nSPS) is 41.8. The Balaban J connectivity index is 1.68. The molecule has 316 valence electrons. The molecule has 0 aromatic heterocycles. The first-order valence-electron chi connectivity index (χ1n) is 21.8. The SMILES string of the molecule is CCC1OC(=O)CC(O)C(C)C(OC2OC(C)C(C)C(N(C)C)C2O)C(CCN2CCC(C)CC2)CC(C)C(=O)/C=C/C(C)=C/C1CN1CC(C)CC(C)C1. The van der Waals surface area contributed by atoms with E-state index in [9.17, 15) is 19.8 Å². The van der Waals surface area contributed by atoms with Gasteiger partial charge in [-0.05, 0) is 116 Å². The second-order valence-electron chi connectivity index (χ2n) is 18.9. The number of aliphatic hydroxyl groups excluding tert-OH is 2. The first-order chi connectivity index (χ1) is 26.0. The van der Waals surface area contributed by atoms with E-state index in [1.165, 1.54) is 6.42 Å². The van der Waals surface area contributed by atoms with Gasteiger partial charge in [0, 0.05) is 49.3 Å². The molecule has 3 saturated heterocycles. The van der Waals surface area contributed by atoms with Crippen molar-refractivity contribution in [1.29, 1.82) is 0 Å². The third-order valence-corrected chi connectivity index (χ3v) is 13.5. The Morgan fingerprint density at radius 1 is 0.891 bits per heavy atom. The van der Waals surface area contributed by atoms with Crippen molar-refractivity contribution in [3.8, 4) is 0 Å². The predicted octanol–water partition coefficient (Wildman–Crippen LogP) is 6.20. The summed E-state index contributed by atoms with van der Waals surface area (Å²) < 4.78 is 19.6. The Bertz CT molecular complexity index is 1260. The van der Waals surface area contributed by atoms with Crippen molar-refractivity contribution in [2.24, 2.45) is 47.3 Å². The summed E-state index contributed by atoms with van der Waals surface area (Å²) in [6.45, 7) is 24.7. The highest BCUT2D eigenvalue weighted by atomic mass is 16.7. The molecule has 0 radical (unpaired) electrons. The molecule has 2 N–H and O–H groups in total. The number of hydrogen-bond acceptors (Lipinski definition) is 10. The summed E-state index contributed by atoms with van der Waals surface area (Å²) in [6, 6.07) is -0.193. The molecule has 14 atom stereocenters. The van der Waals surface area contributed by atoms with Gasteiger partial charge in [-0.25, -0.2) is 0 Å². The van der Waals surface area contributed by atoms with E-state index in [-0.39, 0.29) is 54.1 Å². The Hall–Kier alpha value is -1.66. The van der Waals surface area contributed by atoms with Gasteiger partial charge >= 0.3 is 5.97 Å². The van der Waals surface area contributed by atoms with Crippen LogP contribution in [0.5, 0.6) is 0 Å². The first kappa shape index (κ1) is 46.0. The van der Waals surface area contributed by atoms with Crippen molar-refractivity contribution < 1.29 is 34.0 Å². The number of likely N-dealkylation sites (N-methyl/N-ethyl adjacent to an activating group) is 1. The number of likely N-dealkylation sites (tertiary alicyclic amines) is 2. The quantitative estimate of drug-likeness (QED) is 0.263. The number of carbonyl (C=O) groups excluding carboxylic acids is 2. The third kappa shape index (κ3) is 13.2. The van der Waals surface area contributed by atoms with Crippen molar-refractivity contribution >= 4 is 11.8 Å². The molecule has 0 aromatic carbocycles. The molecule has 14 unspecified atom stereocenters. The molecular formula is C45H79N3O7. The summed E-state index contributed by atoms with van der Waals surface area (Å²) in [7, 11) is 3.93. The fourth-order valence-corrected chi connectivity index (χ4v) is 10.0. The van der Waals surface area contributed by atoms with Crippen LogP contribution < -0.4 is 0 Å². The number of rotatable bonds is 9. The average molecular weight is 774 g/mol. The third-order valence-electron chi connectivity index (χ3n) is 13.5. The minimum absolute atomic E-state index is 0.0568. The van der Waals surface area contributed by atoms with Gasteiger partial charge in [0.1, 0.15) is 12.2 Å². The van der Waals surface area contributed by atoms with Gasteiger partial charge in [-0.1, -0.05) is 66.2 Å². The molecular weight excluding hydrogens is 695 g/mol. The number of carbonyl (C=O) groups is 2. The molecule has 3 fully saturated rings. The zero-order valence-corrected chi connectivity index (χ0v) is 36.4. The summed E-state index contributed by atoms with van der Waals surface area (Å²) in [5.41, 5.74) is 0.971. The number of nitrogens with zero attached hydrogens (tertiary/aromatic N) is 3. The van der Waals surface area contributed by atoms with Gasteiger partial charge in [-0.2, -0.15) is 0 Å². The Labute approximate surface area is 334 Å². The largest absolute Gasteiger partial charge is 0.462 e. The molecule has 4 aliphatic heterocycles. The number of hydrogen-bond donors (Lipinski definition) is 2. The van der Waals surface area contributed by atoms with E-state index in [1.54, 1.807) is 6.08 Å². The number of cyclic esters (lactones) is 1. The van der Waals surface area contributed by atoms with Crippen LogP contribution in [0.1, 0.15) is 107 Å². The van der Waals surface area contributed by atoms with Crippen LogP contribution in [0.2, 0.25) is 0 Å². The Kier molecular flexibility index (Phi) is 17.9. The van der Waals surface area contributed by atoms with Gasteiger partial charge < -0.3 is 39.1 Å². The van der Waals surface area contributed by atoms with Gasteiger partial charge in [-0.15, -0.1) is 0 Å². The van der Waals surface area contributed by atoms with Crippen LogP contribution in [0, 0.1) is 47.3 Å². The van der Waals surface area contributed by atoms with E-state index in [0.29, 0.717) is 30.6 Å². The number of ketones is 1. The maximum absolute atomic E-state index is 13.9. The lowest BCUT2D eigenvalue weighted by Crippen LogP contribution is -2.60. The summed E-state index contributed by atoms with van der Waals surface area (Å²) in [5, 5.41) is 23.7. The summed E-state index contributed by atoms with van der Waals surface area (Å²) in [6.07, 6.45) is 7.04. The molecule has 4 aliphatic rings. The fourth-order valence-electron chi connectivity index (χ4n) is 10.0. The summed E-state index contributed by atoms with van der Waals surface area (Å²) in [4.78, 5) is 34.7. The Morgan fingerprint density at radius 2 is 1.55 bits per heavy atom. The summed E-state index contributed by atoms with van der Waals surface area (Å²) >= 11 is 0. The van der Waals surface area contributed by atoms with Crippen LogP contribution in [0.3, 0.4) is 0 Å². The highest BCUT2D eigenvalue weighted by Gasteiger charge is 2.46. The second-order valence-corrected chi connectivity index (χ2v) is 18.9. The first-order valence-corrected chi connectivity index (χ1v) is 21.8. The maximum atomic E-state index is 13.9. The van der Waals surface area contributed by atoms with Crippen LogP contribution in [-0.4, -0.2) is 133 Å². The number of aliphatic hydroxyl groups is 2. The van der Waals surface area contributed by atoms with Crippen molar-refractivity contribution in [3.05, 3.63) is 23.8 Å². The maximum Gasteiger partial charge on any atom is 0.308 e. The lowest BCUT2D eigenvalue weighted by Gasteiger charge is -2.47. The minimum Gasteiger partial charge on any atom is -0.462 e. The van der Waals surface area contributed by atoms with Crippen molar-refractivity contribution in [3.63, 3.8) is 0 Å². The van der Waals surface area contributed by atoms with Crippen LogP contribution >= 0.6 is 0 Å². The predicted molar refractivity (Wildman–Crippen MR) is 219 cm³/mol. The van der Waals surface area contributed by atoms with Crippen LogP contribution in [0.4, 0.5) is 0 Å². The lowest BCUT2D eigenvalue weighted by atomic mass is 9.79. The van der Waals surface area contributed by atoms with E-state index in [2.05, 4.69) is 43.6 Å². The average Bonchev–Trinajstić information content (AvgIpc) is 3.11. The van der Waals surface area contributed by atoms with Crippen LogP contribution in [0.15, 0.2) is 23.8 Å². The smallest absolute Gasteiger partial charge is 0.308 e. The zero-order valence-electron chi connectivity index (χ0n) is 36.4. The lowest BCUT2D eigenvalue weighted by molar-refractivity contribution is -0.295. The van der Waals surface area contributed by atoms with Gasteiger partial charge in [-0.3, -0.25) is 9.59 Å². The van der Waals surface area contributed by atoms with Gasteiger partial charge in [0.15, 0.2) is 12.1 Å². The topological polar surface area (TPSA) is 112 Å². The van der Waals surface area contributed by atoms with Gasteiger partial charge in [0.25, 0.3) is 0 Å². The van der Waals surface area contributed by atoms with Crippen molar-refractivity contribution in [1.82, 2.24) is 14.7 Å². The minimum atomic E-state index is -1.06. The van der Waals surface area contributed by atoms with Crippen LogP contribution in [0.25, 0.3) is 0 Å². The standard InChI is InChI=1S/C45H79N3O7/c1-12-40-37(27-48-25-30(4)21-31(5)26-48)22-29(3)13-14-38(49)32(6)23-36(17-20-47-18-15-28(2)16-19-47)44(34(8)39(50)24-41(51)54-40)55-45-43(52)42(46(10)11)33(7)35(9)53-45/h13-14,22,28,30-37,39-40,42-45,50,52H,12,15-21,23-27H2,1-11H3/b14-13+,29-22+. The second kappa shape index (κ2) is 21.4. The van der Waals surface area contributed by atoms with E-state index < -0.39 is 36.5 Å². The van der Waals surface area contributed by atoms with Crippen molar-refractivity contribution in [2.45, 2.75) is 150 Å². The van der Waals surface area contributed by atoms with E-state index >= 15 is 0 Å². The highest BCUT2D eigenvalue weighted by molar-refractivity contribution is 5.91. The van der Waals surface area contributed by atoms with Gasteiger partial charge in [0.2, 0.25) is 0 Å². The van der Waals surface area contributed by atoms with E-state index in [0.717, 1.165) is 64.1 Å². The molecule has 4 rings (SSSR count). The van der Waals surface area contributed by atoms with E-state index in [1.807, 2.05) is 59.7 Å². The molecule has 0 aromatic rings. The number of piperidine rings is 2. The number of esters is 1. The molecule has 0 aliphatic carbocycles. The fraction of sp³-hybridized carbons (Fsp3) is 0.867. The molecule has 0 bridgehead atoms. The monoisotopic (exact) mass is 774 g/mol. The molecule has 55 heavy (non-hydrogen) atoms. The molecule has 4 heterocycles.